The number of nitrogens with one attached hydrogen (secondary N) is 1. The van der Waals surface area contributed by atoms with Gasteiger partial charge in [0, 0.05) is 13.1 Å². The van der Waals surface area contributed by atoms with Gasteiger partial charge >= 0.3 is 0 Å². The lowest BCUT2D eigenvalue weighted by molar-refractivity contribution is -0.122. The molecule has 1 amide bonds. The Morgan fingerprint density at radius 2 is 1.79 bits per heavy atom. The predicted octanol–water partition coefficient (Wildman–Crippen LogP) is 3.19. The van der Waals surface area contributed by atoms with Gasteiger partial charge in [-0.2, -0.15) is 4.31 Å². The molecule has 1 heterocycles. The maximum atomic E-state index is 12.8. The number of aryl methyl sites for hydroxylation is 1. The molecule has 0 radical (unpaired) electrons. The van der Waals surface area contributed by atoms with Crippen LogP contribution in [-0.4, -0.2) is 44.9 Å². The molecule has 1 saturated heterocycles. The number of sulfonamides is 1. The van der Waals surface area contributed by atoms with E-state index in [2.05, 4.69) is 5.32 Å². The van der Waals surface area contributed by atoms with Crippen molar-refractivity contribution in [1.82, 2.24) is 4.31 Å². The Morgan fingerprint density at radius 1 is 1.10 bits per heavy atom. The van der Waals surface area contributed by atoms with Crippen LogP contribution < -0.4 is 14.8 Å². The van der Waals surface area contributed by atoms with Gasteiger partial charge in [-0.1, -0.05) is 18.2 Å². The lowest BCUT2D eigenvalue weighted by Gasteiger charge is -2.19. The van der Waals surface area contributed by atoms with Gasteiger partial charge in [0.25, 0.3) is 5.91 Å². The van der Waals surface area contributed by atoms with E-state index in [-0.39, 0.29) is 10.6 Å². The molecule has 2 aromatic carbocycles. The van der Waals surface area contributed by atoms with Crippen LogP contribution in [0, 0.1) is 6.92 Å². The molecule has 0 bridgehead atoms. The Bertz CT molecular complexity index is 984. The zero-order chi connectivity index (χ0) is 21.0. The average molecular weight is 419 g/mol. The van der Waals surface area contributed by atoms with Gasteiger partial charge < -0.3 is 14.8 Å². The predicted molar refractivity (Wildman–Crippen MR) is 111 cm³/mol. The van der Waals surface area contributed by atoms with E-state index in [0.717, 1.165) is 18.4 Å². The Hall–Kier alpha value is -2.58. The van der Waals surface area contributed by atoms with Crippen molar-refractivity contribution in [3.63, 3.8) is 0 Å². The number of hydrogen-bond donors (Lipinski definition) is 1. The highest BCUT2D eigenvalue weighted by atomic mass is 32.2. The summed E-state index contributed by atoms with van der Waals surface area (Å²) in [6.45, 7) is 4.56. The van der Waals surface area contributed by atoms with Gasteiger partial charge in [-0.3, -0.25) is 4.79 Å². The van der Waals surface area contributed by atoms with E-state index in [9.17, 15) is 13.2 Å². The monoisotopic (exact) mass is 418 g/mol. The van der Waals surface area contributed by atoms with E-state index in [1.54, 1.807) is 19.1 Å². The van der Waals surface area contributed by atoms with Crippen molar-refractivity contribution in [1.29, 1.82) is 0 Å². The lowest BCUT2D eigenvalue weighted by atomic mass is 10.2. The molecular weight excluding hydrogens is 392 g/mol. The van der Waals surface area contributed by atoms with Crippen LogP contribution in [0.3, 0.4) is 0 Å². The average Bonchev–Trinajstić information content (AvgIpc) is 3.25. The Morgan fingerprint density at radius 3 is 2.45 bits per heavy atom. The van der Waals surface area contributed by atoms with Crippen LogP contribution in [0.4, 0.5) is 5.69 Å². The first-order valence-corrected chi connectivity index (χ1v) is 11.0. The van der Waals surface area contributed by atoms with Crippen molar-refractivity contribution in [3.8, 4) is 11.5 Å². The first kappa shape index (κ1) is 21.1. The fourth-order valence-electron chi connectivity index (χ4n) is 3.19. The van der Waals surface area contributed by atoms with Crippen LogP contribution in [0.1, 0.15) is 25.3 Å². The number of hydrogen-bond acceptors (Lipinski definition) is 5. The third kappa shape index (κ3) is 4.71. The molecule has 1 aliphatic heterocycles. The third-order valence-corrected chi connectivity index (χ3v) is 6.79. The molecule has 1 fully saturated rings. The normalized spacial score (nSPS) is 15.7. The van der Waals surface area contributed by atoms with Crippen LogP contribution in [0.5, 0.6) is 11.5 Å². The molecule has 2 aromatic rings. The second-order valence-corrected chi connectivity index (χ2v) is 8.93. The zero-order valence-corrected chi connectivity index (χ0v) is 17.7. The molecule has 0 unspecified atom stereocenters. The molecule has 8 heteroatoms. The first-order valence-electron chi connectivity index (χ1n) is 9.54. The lowest BCUT2D eigenvalue weighted by Crippen LogP contribution is -2.31. The van der Waals surface area contributed by atoms with Crippen molar-refractivity contribution in [2.75, 3.05) is 25.5 Å². The summed E-state index contributed by atoms with van der Waals surface area (Å²) < 4.78 is 38.2. The van der Waals surface area contributed by atoms with Gasteiger partial charge in [-0.25, -0.2) is 8.42 Å². The minimum absolute atomic E-state index is 0.128. The number of carbonyl (C=O) groups is 1. The summed E-state index contributed by atoms with van der Waals surface area (Å²) in [5.74, 6) is 0.594. The smallest absolute Gasteiger partial charge is 0.265 e. The zero-order valence-electron chi connectivity index (χ0n) is 16.8. The van der Waals surface area contributed by atoms with Crippen LogP contribution >= 0.6 is 0 Å². The van der Waals surface area contributed by atoms with Gasteiger partial charge in [0.15, 0.2) is 6.10 Å². The highest BCUT2D eigenvalue weighted by Crippen LogP contribution is 2.30. The fraction of sp³-hybridized carbons (Fsp3) is 0.381. The number of methoxy groups -OCH3 is 1. The minimum atomic E-state index is -3.60. The molecule has 0 aromatic heterocycles. The number of para-hydroxylation sites is 1. The highest BCUT2D eigenvalue weighted by Gasteiger charge is 2.28. The van der Waals surface area contributed by atoms with Gasteiger partial charge in [-0.15, -0.1) is 0 Å². The van der Waals surface area contributed by atoms with E-state index in [4.69, 9.17) is 9.47 Å². The van der Waals surface area contributed by atoms with Crippen LogP contribution in [-0.2, 0) is 14.8 Å². The first-order chi connectivity index (χ1) is 13.8. The molecule has 0 aliphatic carbocycles. The number of nitrogens with zero attached hydrogens (tertiary/aromatic N) is 1. The summed E-state index contributed by atoms with van der Waals surface area (Å²) in [4.78, 5) is 12.8. The van der Waals surface area contributed by atoms with Crippen LogP contribution in [0.25, 0.3) is 0 Å². The molecule has 1 aliphatic rings. The van der Waals surface area contributed by atoms with E-state index in [0.29, 0.717) is 24.6 Å². The second-order valence-electron chi connectivity index (χ2n) is 6.99. The van der Waals surface area contributed by atoms with Gasteiger partial charge in [0.05, 0.1) is 17.7 Å². The third-order valence-electron chi connectivity index (χ3n) is 4.90. The van der Waals surface area contributed by atoms with Crippen LogP contribution in [0.15, 0.2) is 47.4 Å². The SMILES string of the molecule is COc1ccc(S(=O)(=O)N2CCCC2)cc1NC(=O)[C@H](C)Oc1ccccc1C. The number of carbonyl (C=O) groups excluding carboxylic acids is 1. The van der Waals surface area contributed by atoms with Crippen molar-refractivity contribution < 1.29 is 22.7 Å². The largest absolute Gasteiger partial charge is 0.495 e. The number of anilines is 1. The molecule has 156 valence electrons. The Balaban J connectivity index is 1.80. The van der Waals surface area contributed by atoms with Crippen molar-refractivity contribution in [3.05, 3.63) is 48.0 Å². The summed E-state index contributed by atoms with van der Waals surface area (Å²) in [6.07, 6.45) is 0.930. The minimum Gasteiger partial charge on any atom is -0.495 e. The maximum absolute atomic E-state index is 12.8. The summed E-state index contributed by atoms with van der Waals surface area (Å²) in [5, 5.41) is 2.73. The summed E-state index contributed by atoms with van der Waals surface area (Å²) >= 11 is 0. The van der Waals surface area contributed by atoms with Gasteiger partial charge in [0.1, 0.15) is 11.5 Å². The number of ether oxygens (including phenoxy) is 2. The van der Waals surface area contributed by atoms with E-state index >= 15 is 0 Å². The fourth-order valence-corrected chi connectivity index (χ4v) is 4.73. The van der Waals surface area contributed by atoms with E-state index < -0.39 is 22.0 Å². The number of benzene rings is 2. The summed E-state index contributed by atoms with van der Waals surface area (Å²) in [7, 11) is -2.14. The number of rotatable bonds is 7. The molecule has 3 rings (SSSR count). The second kappa shape index (κ2) is 8.84. The van der Waals surface area contributed by atoms with Crippen molar-refractivity contribution in [2.45, 2.75) is 37.7 Å². The Labute approximate surface area is 171 Å². The standard InChI is InChI=1S/C21H26N2O5S/c1-15-8-4-5-9-19(15)28-16(2)21(24)22-18-14-17(10-11-20(18)27-3)29(25,26)23-12-6-7-13-23/h4-5,8-11,14,16H,6-7,12-13H2,1-3H3,(H,22,24)/t16-/m0/s1. The van der Waals surface area contributed by atoms with Gasteiger partial charge in [0.2, 0.25) is 10.0 Å². The maximum Gasteiger partial charge on any atom is 0.265 e. The molecule has 1 atom stereocenters. The van der Waals surface area contributed by atoms with Crippen LogP contribution in [0.2, 0.25) is 0 Å². The summed E-state index contributed by atoms with van der Waals surface area (Å²) in [6, 6.07) is 11.9. The van der Waals surface area contributed by atoms with Crippen molar-refractivity contribution in [2.24, 2.45) is 0 Å². The number of amides is 1. The molecule has 0 spiro atoms. The Kier molecular flexibility index (Phi) is 6.44. The quantitative estimate of drug-likeness (QED) is 0.746. The molecule has 29 heavy (non-hydrogen) atoms. The molecule has 7 nitrogen and oxygen atoms in total. The van der Waals surface area contributed by atoms with E-state index in [1.165, 1.54) is 23.5 Å². The van der Waals surface area contributed by atoms with E-state index in [1.807, 2.05) is 25.1 Å². The van der Waals surface area contributed by atoms with Gasteiger partial charge in [-0.05, 0) is 56.5 Å². The van der Waals surface area contributed by atoms with Crippen molar-refractivity contribution >= 4 is 21.6 Å². The molecular formula is C21H26N2O5S. The summed E-state index contributed by atoms with van der Waals surface area (Å²) in [5.41, 5.74) is 1.21. The molecule has 0 saturated carbocycles. The highest BCUT2D eigenvalue weighted by molar-refractivity contribution is 7.89. The topological polar surface area (TPSA) is 84.9 Å². The molecule has 1 N–H and O–H groups in total.